The zero-order chi connectivity index (χ0) is 14.4. The van der Waals surface area contributed by atoms with Crippen molar-refractivity contribution >= 4 is 17.2 Å². The lowest BCUT2D eigenvalue weighted by atomic mass is 10.0. The van der Waals surface area contributed by atoms with Crippen LogP contribution in [-0.2, 0) is 4.79 Å². The van der Waals surface area contributed by atoms with E-state index in [1.807, 2.05) is 47.8 Å². The Labute approximate surface area is 123 Å². The number of rotatable bonds is 6. The molecule has 0 saturated heterocycles. The largest absolute Gasteiger partial charge is 0.484 e. The Morgan fingerprint density at radius 3 is 2.55 bits per heavy atom. The molecule has 1 heterocycles. The lowest BCUT2D eigenvalue weighted by Gasteiger charge is -2.21. The van der Waals surface area contributed by atoms with Crippen LogP contribution in [0.5, 0.6) is 5.75 Å². The van der Waals surface area contributed by atoms with E-state index >= 15 is 0 Å². The van der Waals surface area contributed by atoms with Crippen molar-refractivity contribution in [1.29, 1.82) is 0 Å². The SMILES string of the molecule is CC(C)C(NC(=O)COc1ccccc1)c1cccs1. The van der Waals surface area contributed by atoms with Crippen LogP contribution in [0.15, 0.2) is 47.8 Å². The minimum Gasteiger partial charge on any atom is -0.484 e. The van der Waals surface area contributed by atoms with Crippen LogP contribution < -0.4 is 10.1 Å². The summed E-state index contributed by atoms with van der Waals surface area (Å²) in [6.45, 7) is 4.24. The number of hydrogen-bond donors (Lipinski definition) is 1. The van der Waals surface area contributed by atoms with Crippen LogP contribution in [0.4, 0.5) is 0 Å². The maximum Gasteiger partial charge on any atom is 0.258 e. The van der Waals surface area contributed by atoms with Gasteiger partial charge in [-0.15, -0.1) is 11.3 Å². The van der Waals surface area contributed by atoms with Gasteiger partial charge in [-0.05, 0) is 29.5 Å². The van der Waals surface area contributed by atoms with Gasteiger partial charge < -0.3 is 10.1 Å². The molecule has 1 unspecified atom stereocenters. The van der Waals surface area contributed by atoms with Crippen LogP contribution in [-0.4, -0.2) is 12.5 Å². The molecule has 1 aromatic heterocycles. The maximum absolute atomic E-state index is 12.0. The van der Waals surface area contributed by atoms with Gasteiger partial charge in [0.2, 0.25) is 0 Å². The Balaban J connectivity index is 1.89. The Kier molecular flexibility index (Phi) is 5.18. The summed E-state index contributed by atoms with van der Waals surface area (Å²) in [7, 11) is 0. The summed E-state index contributed by atoms with van der Waals surface area (Å²) in [5.74, 6) is 0.954. The van der Waals surface area contributed by atoms with Gasteiger partial charge in [0.05, 0.1) is 6.04 Å². The first-order chi connectivity index (χ1) is 9.66. The fourth-order valence-electron chi connectivity index (χ4n) is 1.92. The Hall–Kier alpha value is -1.81. The molecule has 0 spiro atoms. The summed E-state index contributed by atoms with van der Waals surface area (Å²) < 4.78 is 5.46. The van der Waals surface area contributed by atoms with E-state index < -0.39 is 0 Å². The van der Waals surface area contributed by atoms with Crippen LogP contribution in [0.25, 0.3) is 0 Å². The first kappa shape index (κ1) is 14.6. The van der Waals surface area contributed by atoms with E-state index in [9.17, 15) is 4.79 Å². The van der Waals surface area contributed by atoms with E-state index in [0.29, 0.717) is 11.7 Å². The monoisotopic (exact) mass is 289 g/mol. The van der Waals surface area contributed by atoms with Crippen molar-refractivity contribution in [3.63, 3.8) is 0 Å². The molecule has 0 bridgehead atoms. The van der Waals surface area contributed by atoms with Crippen LogP contribution >= 0.6 is 11.3 Å². The van der Waals surface area contributed by atoms with E-state index in [4.69, 9.17) is 4.74 Å². The normalized spacial score (nSPS) is 12.2. The highest BCUT2D eigenvalue weighted by atomic mass is 32.1. The Morgan fingerprint density at radius 1 is 1.20 bits per heavy atom. The molecule has 2 rings (SSSR count). The summed E-state index contributed by atoms with van der Waals surface area (Å²) >= 11 is 1.66. The number of hydrogen-bond acceptors (Lipinski definition) is 3. The van der Waals surface area contributed by atoms with Crippen molar-refractivity contribution in [2.24, 2.45) is 5.92 Å². The average molecular weight is 289 g/mol. The predicted molar refractivity (Wildman–Crippen MR) is 82.0 cm³/mol. The van der Waals surface area contributed by atoms with Gasteiger partial charge in [0.1, 0.15) is 5.75 Å². The number of carbonyl (C=O) groups is 1. The third-order valence-corrected chi connectivity index (χ3v) is 3.90. The minimum atomic E-state index is -0.0963. The number of para-hydroxylation sites is 1. The summed E-state index contributed by atoms with van der Waals surface area (Å²) in [6.07, 6.45) is 0. The number of nitrogens with one attached hydrogen (secondary N) is 1. The first-order valence-corrected chi connectivity index (χ1v) is 7.55. The molecule has 0 aliphatic carbocycles. The lowest BCUT2D eigenvalue weighted by molar-refractivity contribution is -0.124. The van der Waals surface area contributed by atoms with Gasteiger partial charge in [-0.2, -0.15) is 0 Å². The van der Waals surface area contributed by atoms with Crippen molar-refractivity contribution in [2.45, 2.75) is 19.9 Å². The molecule has 0 fully saturated rings. The van der Waals surface area contributed by atoms with E-state index in [1.54, 1.807) is 11.3 Å². The highest BCUT2D eigenvalue weighted by Gasteiger charge is 2.19. The zero-order valence-corrected chi connectivity index (χ0v) is 12.5. The highest BCUT2D eigenvalue weighted by molar-refractivity contribution is 7.10. The van der Waals surface area contributed by atoms with Crippen molar-refractivity contribution in [3.8, 4) is 5.75 Å². The van der Waals surface area contributed by atoms with Crippen LogP contribution in [0.2, 0.25) is 0 Å². The molecule has 1 aromatic carbocycles. The molecule has 1 N–H and O–H groups in total. The Morgan fingerprint density at radius 2 is 1.95 bits per heavy atom. The molecular weight excluding hydrogens is 270 g/mol. The fraction of sp³-hybridized carbons (Fsp3) is 0.312. The van der Waals surface area contributed by atoms with E-state index in [-0.39, 0.29) is 18.6 Å². The van der Waals surface area contributed by atoms with Gasteiger partial charge in [0.25, 0.3) is 5.91 Å². The van der Waals surface area contributed by atoms with Gasteiger partial charge >= 0.3 is 0 Å². The van der Waals surface area contributed by atoms with Crippen molar-refractivity contribution in [3.05, 3.63) is 52.7 Å². The summed E-state index contributed by atoms with van der Waals surface area (Å²) in [4.78, 5) is 13.2. The van der Waals surface area contributed by atoms with Gasteiger partial charge in [0, 0.05) is 4.88 Å². The second kappa shape index (κ2) is 7.10. The van der Waals surface area contributed by atoms with E-state index in [2.05, 4.69) is 19.2 Å². The molecule has 4 heteroatoms. The molecule has 3 nitrogen and oxygen atoms in total. The van der Waals surface area contributed by atoms with Crippen molar-refractivity contribution in [1.82, 2.24) is 5.32 Å². The predicted octanol–water partition coefficient (Wildman–Crippen LogP) is 3.64. The minimum absolute atomic E-state index is 0.0403. The smallest absolute Gasteiger partial charge is 0.258 e. The molecule has 2 aromatic rings. The van der Waals surface area contributed by atoms with E-state index in [0.717, 1.165) is 0 Å². The van der Waals surface area contributed by atoms with Crippen molar-refractivity contribution < 1.29 is 9.53 Å². The number of ether oxygens (including phenoxy) is 1. The number of benzene rings is 1. The molecule has 0 aliphatic heterocycles. The quantitative estimate of drug-likeness (QED) is 0.881. The summed E-state index contributed by atoms with van der Waals surface area (Å²) in [6, 6.07) is 13.5. The second-order valence-corrected chi connectivity index (χ2v) is 5.89. The van der Waals surface area contributed by atoms with E-state index in [1.165, 1.54) is 4.88 Å². The molecule has 0 saturated carbocycles. The fourth-order valence-corrected chi connectivity index (χ4v) is 2.86. The average Bonchev–Trinajstić information content (AvgIpc) is 2.97. The van der Waals surface area contributed by atoms with Gasteiger partial charge in [0.15, 0.2) is 6.61 Å². The lowest BCUT2D eigenvalue weighted by Crippen LogP contribution is -2.34. The van der Waals surface area contributed by atoms with Crippen LogP contribution in [0.3, 0.4) is 0 Å². The molecular formula is C16H19NO2S. The number of thiophene rings is 1. The second-order valence-electron chi connectivity index (χ2n) is 4.91. The van der Waals surface area contributed by atoms with Crippen LogP contribution in [0, 0.1) is 5.92 Å². The number of amides is 1. The third-order valence-electron chi connectivity index (χ3n) is 2.95. The standard InChI is InChI=1S/C16H19NO2S/c1-12(2)16(14-9-6-10-20-14)17-15(18)11-19-13-7-4-3-5-8-13/h3-10,12,16H,11H2,1-2H3,(H,17,18). The summed E-state index contributed by atoms with van der Waals surface area (Å²) in [5.41, 5.74) is 0. The third kappa shape index (κ3) is 4.10. The number of carbonyl (C=O) groups excluding carboxylic acids is 1. The van der Waals surface area contributed by atoms with Crippen molar-refractivity contribution in [2.75, 3.05) is 6.61 Å². The van der Waals surface area contributed by atoms with Gasteiger partial charge in [-0.3, -0.25) is 4.79 Å². The summed E-state index contributed by atoms with van der Waals surface area (Å²) in [5, 5.41) is 5.06. The van der Waals surface area contributed by atoms with Gasteiger partial charge in [-0.1, -0.05) is 38.1 Å². The molecule has 1 amide bonds. The molecule has 106 valence electrons. The molecule has 0 aliphatic rings. The molecule has 20 heavy (non-hydrogen) atoms. The maximum atomic E-state index is 12.0. The highest BCUT2D eigenvalue weighted by Crippen LogP contribution is 2.25. The molecule has 1 atom stereocenters. The van der Waals surface area contributed by atoms with Crippen LogP contribution in [0.1, 0.15) is 24.8 Å². The first-order valence-electron chi connectivity index (χ1n) is 6.67. The zero-order valence-electron chi connectivity index (χ0n) is 11.7. The molecule has 0 radical (unpaired) electrons. The Bertz CT molecular complexity index is 523. The topological polar surface area (TPSA) is 38.3 Å². The van der Waals surface area contributed by atoms with Gasteiger partial charge in [-0.25, -0.2) is 0 Å².